The summed E-state index contributed by atoms with van der Waals surface area (Å²) in [4.78, 5) is 4.63. The summed E-state index contributed by atoms with van der Waals surface area (Å²) in [5.41, 5.74) is 1.99. The number of fused-ring (bicyclic) bond motifs is 1. The van der Waals surface area contributed by atoms with E-state index in [2.05, 4.69) is 29.5 Å². The molecule has 1 aromatic carbocycles. The van der Waals surface area contributed by atoms with Crippen molar-refractivity contribution in [3.8, 4) is 5.75 Å². The van der Waals surface area contributed by atoms with Crippen LogP contribution in [0.25, 0.3) is 11.0 Å². The number of aromatic nitrogens is 2. The molecule has 0 spiro atoms. The van der Waals surface area contributed by atoms with E-state index in [-0.39, 0.29) is 0 Å². The Kier molecular flexibility index (Phi) is 4.99. The Morgan fingerprint density at radius 1 is 1.47 bits per heavy atom. The first-order valence-electron chi connectivity index (χ1n) is 6.40. The van der Waals surface area contributed by atoms with Crippen LogP contribution in [-0.4, -0.2) is 28.2 Å². The molecule has 0 radical (unpaired) electrons. The van der Waals surface area contributed by atoms with E-state index in [1.165, 1.54) is 0 Å². The van der Waals surface area contributed by atoms with Gasteiger partial charge in [0.2, 0.25) is 0 Å². The minimum absolute atomic E-state index is 0.371. The summed E-state index contributed by atoms with van der Waals surface area (Å²) in [5.74, 6) is 4.31. The molecule has 1 aromatic heterocycles. The molecular weight excluding hydrogens is 280 g/mol. The number of thioether (sulfide) groups is 1. The van der Waals surface area contributed by atoms with Crippen LogP contribution in [0, 0.1) is 0 Å². The Bertz CT molecular complexity index is 556. The highest BCUT2D eigenvalue weighted by Crippen LogP contribution is 2.30. The molecule has 1 unspecified atom stereocenters. The second-order valence-electron chi connectivity index (χ2n) is 4.37. The molecule has 0 aliphatic rings. The maximum absolute atomic E-state index is 6.05. The Morgan fingerprint density at radius 3 is 2.89 bits per heavy atom. The van der Waals surface area contributed by atoms with Gasteiger partial charge in [-0.25, -0.2) is 4.98 Å². The fraction of sp³-hybridized carbons (Fsp3) is 0.500. The summed E-state index contributed by atoms with van der Waals surface area (Å²) in [7, 11) is 1.67. The summed E-state index contributed by atoms with van der Waals surface area (Å²) in [6.07, 6.45) is 0. The van der Waals surface area contributed by atoms with Crippen LogP contribution in [0.15, 0.2) is 18.2 Å². The fourth-order valence-electron chi connectivity index (χ4n) is 2.25. The SMILES string of the molecule is CCSCC(C)n1c(CCl)nc2c(OC)cccc21. The summed E-state index contributed by atoms with van der Waals surface area (Å²) in [5, 5.41) is 0. The predicted octanol–water partition coefficient (Wildman–Crippen LogP) is 4.10. The first kappa shape index (κ1) is 14.5. The highest BCUT2D eigenvalue weighted by molar-refractivity contribution is 7.99. The second-order valence-corrected chi connectivity index (χ2v) is 5.95. The number of alkyl halides is 1. The zero-order chi connectivity index (χ0) is 13.8. The Morgan fingerprint density at radius 2 is 2.26 bits per heavy atom. The van der Waals surface area contributed by atoms with Crippen molar-refractivity contribution >= 4 is 34.4 Å². The molecule has 0 aliphatic heterocycles. The lowest BCUT2D eigenvalue weighted by molar-refractivity contribution is 0.419. The van der Waals surface area contributed by atoms with E-state index in [1.807, 2.05) is 23.9 Å². The largest absolute Gasteiger partial charge is 0.494 e. The highest BCUT2D eigenvalue weighted by Gasteiger charge is 2.17. The Labute approximate surface area is 123 Å². The average Bonchev–Trinajstić information content (AvgIpc) is 2.83. The van der Waals surface area contributed by atoms with E-state index in [1.54, 1.807) is 7.11 Å². The third-order valence-corrected chi connectivity index (χ3v) is 4.46. The average molecular weight is 299 g/mol. The topological polar surface area (TPSA) is 27.1 Å². The third-order valence-electron chi connectivity index (χ3n) is 3.10. The van der Waals surface area contributed by atoms with Gasteiger partial charge in [-0.3, -0.25) is 0 Å². The van der Waals surface area contributed by atoms with Crippen LogP contribution in [0.3, 0.4) is 0 Å². The van der Waals surface area contributed by atoms with Crippen molar-refractivity contribution in [3.05, 3.63) is 24.0 Å². The quantitative estimate of drug-likeness (QED) is 0.751. The highest BCUT2D eigenvalue weighted by atomic mass is 35.5. The number of ether oxygens (including phenoxy) is 1. The molecular formula is C14H19ClN2OS. The zero-order valence-electron chi connectivity index (χ0n) is 11.5. The van der Waals surface area contributed by atoms with E-state index >= 15 is 0 Å². The molecule has 0 fully saturated rings. The van der Waals surface area contributed by atoms with Gasteiger partial charge in [-0.1, -0.05) is 13.0 Å². The molecule has 3 nitrogen and oxygen atoms in total. The van der Waals surface area contributed by atoms with Gasteiger partial charge in [0.25, 0.3) is 0 Å². The second kappa shape index (κ2) is 6.53. The number of para-hydroxylation sites is 1. The third kappa shape index (κ3) is 2.84. The number of rotatable bonds is 6. The van der Waals surface area contributed by atoms with Crippen LogP contribution in [0.1, 0.15) is 25.7 Å². The monoisotopic (exact) mass is 298 g/mol. The molecule has 0 saturated heterocycles. The summed E-state index contributed by atoms with van der Waals surface area (Å²) in [6.45, 7) is 4.38. The van der Waals surface area contributed by atoms with E-state index < -0.39 is 0 Å². The standard InChI is InChI=1S/C14H19ClN2OS/c1-4-19-9-10(2)17-11-6-5-7-12(18-3)14(11)16-13(17)8-15/h5-7,10H,4,8-9H2,1-3H3. The molecule has 0 N–H and O–H groups in total. The number of methoxy groups -OCH3 is 1. The molecule has 19 heavy (non-hydrogen) atoms. The lowest BCUT2D eigenvalue weighted by Crippen LogP contribution is -2.11. The number of hydrogen-bond acceptors (Lipinski definition) is 3. The number of benzene rings is 1. The summed E-state index contributed by atoms with van der Waals surface area (Å²) in [6, 6.07) is 6.38. The molecule has 1 atom stereocenters. The maximum Gasteiger partial charge on any atom is 0.146 e. The zero-order valence-corrected chi connectivity index (χ0v) is 13.1. The van der Waals surface area contributed by atoms with Gasteiger partial charge >= 0.3 is 0 Å². The molecule has 0 saturated carbocycles. The van der Waals surface area contributed by atoms with Crippen LogP contribution in [0.5, 0.6) is 5.75 Å². The Hall–Kier alpha value is -0.870. The molecule has 2 rings (SSSR count). The van der Waals surface area contributed by atoms with Gasteiger partial charge in [0.15, 0.2) is 0 Å². The van der Waals surface area contributed by atoms with Crippen LogP contribution in [0.2, 0.25) is 0 Å². The molecule has 0 bridgehead atoms. The normalized spacial score (nSPS) is 12.8. The van der Waals surface area contributed by atoms with Crippen LogP contribution in [0.4, 0.5) is 0 Å². The summed E-state index contributed by atoms with van der Waals surface area (Å²) >= 11 is 7.98. The Balaban J connectivity index is 2.51. The van der Waals surface area contributed by atoms with E-state index in [0.29, 0.717) is 11.9 Å². The lowest BCUT2D eigenvalue weighted by Gasteiger charge is -2.16. The van der Waals surface area contributed by atoms with Gasteiger partial charge in [-0.15, -0.1) is 11.6 Å². The molecule has 1 heterocycles. The van der Waals surface area contributed by atoms with E-state index in [9.17, 15) is 0 Å². The predicted molar refractivity (Wildman–Crippen MR) is 83.6 cm³/mol. The maximum atomic E-state index is 6.05. The molecule has 0 amide bonds. The number of nitrogens with zero attached hydrogens (tertiary/aromatic N) is 2. The number of halogens is 1. The van der Waals surface area contributed by atoms with Crippen molar-refractivity contribution < 1.29 is 4.74 Å². The summed E-state index contributed by atoms with van der Waals surface area (Å²) < 4.78 is 7.61. The first-order chi connectivity index (χ1) is 9.22. The first-order valence-corrected chi connectivity index (χ1v) is 8.09. The molecule has 5 heteroatoms. The van der Waals surface area contributed by atoms with Crippen LogP contribution < -0.4 is 4.74 Å². The van der Waals surface area contributed by atoms with Crippen molar-refractivity contribution in [1.29, 1.82) is 0 Å². The molecule has 104 valence electrons. The van der Waals surface area contributed by atoms with Gasteiger partial charge in [0, 0.05) is 11.8 Å². The number of hydrogen-bond donors (Lipinski definition) is 0. The minimum Gasteiger partial charge on any atom is -0.494 e. The van der Waals surface area contributed by atoms with Crippen molar-refractivity contribution in [1.82, 2.24) is 9.55 Å². The van der Waals surface area contributed by atoms with Crippen molar-refractivity contribution in [2.45, 2.75) is 25.8 Å². The fourth-order valence-corrected chi connectivity index (χ4v) is 3.17. The van der Waals surface area contributed by atoms with E-state index in [0.717, 1.165) is 34.1 Å². The van der Waals surface area contributed by atoms with Crippen LogP contribution >= 0.6 is 23.4 Å². The lowest BCUT2D eigenvalue weighted by atomic mass is 10.2. The van der Waals surface area contributed by atoms with Crippen molar-refractivity contribution in [3.63, 3.8) is 0 Å². The van der Waals surface area contributed by atoms with Gasteiger partial charge in [0.1, 0.15) is 17.1 Å². The molecule has 0 aliphatic carbocycles. The van der Waals surface area contributed by atoms with Gasteiger partial charge < -0.3 is 9.30 Å². The van der Waals surface area contributed by atoms with Crippen molar-refractivity contribution in [2.75, 3.05) is 18.6 Å². The van der Waals surface area contributed by atoms with Gasteiger partial charge in [-0.05, 0) is 24.8 Å². The van der Waals surface area contributed by atoms with E-state index in [4.69, 9.17) is 16.3 Å². The smallest absolute Gasteiger partial charge is 0.146 e. The number of imidazole rings is 1. The van der Waals surface area contributed by atoms with Gasteiger partial charge in [-0.2, -0.15) is 11.8 Å². The van der Waals surface area contributed by atoms with Gasteiger partial charge in [0.05, 0.1) is 18.5 Å². The molecule has 2 aromatic rings. The van der Waals surface area contributed by atoms with Crippen molar-refractivity contribution in [2.24, 2.45) is 0 Å². The van der Waals surface area contributed by atoms with Crippen LogP contribution in [-0.2, 0) is 5.88 Å². The minimum atomic E-state index is 0.371.